The number of pyridine rings is 1. The first-order chi connectivity index (χ1) is 29.3. The van der Waals surface area contributed by atoms with Crippen LogP contribution in [0.15, 0.2) is 85.1 Å². The highest BCUT2D eigenvalue weighted by Crippen LogP contribution is 2.37. The SMILES string of the molecule is CCOc1ncccc1-c1ccc(N2CCN(C(=O)c3ccc(Cl)cc3N3CC[C@H](NC(=O)OC(C)(C)C)C3)C[C@H]2CC)c(NC(=O)CCNC(=O)OCc2ccccc2)c1. The molecule has 3 aromatic carbocycles. The quantitative estimate of drug-likeness (QED) is 0.114. The molecule has 324 valence electrons. The molecule has 0 radical (unpaired) electrons. The Bertz CT molecular complexity index is 2170. The number of ether oxygens (including phenoxy) is 3. The molecule has 2 saturated heterocycles. The summed E-state index contributed by atoms with van der Waals surface area (Å²) < 4.78 is 16.6. The van der Waals surface area contributed by atoms with E-state index < -0.39 is 17.8 Å². The van der Waals surface area contributed by atoms with E-state index in [1.54, 1.807) is 18.3 Å². The Hall–Kier alpha value is -6.02. The van der Waals surface area contributed by atoms with Gasteiger partial charge in [0, 0.05) is 68.5 Å². The maximum atomic E-state index is 14.4. The molecule has 2 aliphatic heterocycles. The second-order valence-electron chi connectivity index (χ2n) is 16.1. The third-order valence-electron chi connectivity index (χ3n) is 10.5. The molecular formula is C46H56ClN7O7. The zero-order chi connectivity index (χ0) is 43.5. The van der Waals surface area contributed by atoms with Gasteiger partial charge in [-0.1, -0.05) is 54.9 Å². The Kier molecular flexibility index (Phi) is 15.0. The van der Waals surface area contributed by atoms with E-state index in [0.717, 1.165) is 34.5 Å². The Morgan fingerprint density at radius 3 is 2.44 bits per heavy atom. The number of rotatable bonds is 14. The summed E-state index contributed by atoms with van der Waals surface area (Å²) in [6.07, 6.45) is 2.03. The predicted molar refractivity (Wildman–Crippen MR) is 237 cm³/mol. The first-order valence-electron chi connectivity index (χ1n) is 20.9. The van der Waals surface area contributed by atoms with Gasteiger partial charge in [0.2, 0.25) is 11.8 Å². The maximum absolute atomic E-state index is 14.4. The summed E-state index contributed by atoms with van der Waals surface area (Å²) >= 11 is 6.50. The minimum Gasteiger partial charge on any atom is -0.478 e. The Labute approximate surface area is 362 Å². The number of hydrogen-bond donors (Lipinski definition) is 3. The summed E-state index contributed by atoms with van der Waals surface area (Å²) in [6, 6.07) is 24.1. The van der Waals surface area contributed by atoms with Crippen molar-refractivity contribution < 1.29 is 33.4 Å². The van der Waals surface area contributed by atoms with E-state index in [-0.39, 0.29) is 43.5 Å². The number of hydrogen-bond acceptors (Lipinski definition) is 10. The highest BCUT2D eigenvalue weighted by Gasteiger charge is 2.34. The number of piperazine rings is 1. The van der Waals surface area contributed by atoms with Crippen molar-refractivity contribution in [1.29, 1.82) is 0 Å². The van der Waals surface area contributed by atoms with E-state index in [1.165, 1.54) is 0 Å². The number of aromatic nitrogens is 1. The minimum atomic E-state index is -0.610. The van der Waals surface area contributed by atoms with Crippen LogP contribution in [0.2, 0.25) is 5.02 Å². The summed E-state index contributed by atoms with van der Waals surface area (Å²) in [5.74, 6) is 0.0877. The third-order valence-corrected chi connectivity index (χ3v) is 10.7. The number of carbonyl (C=O) groups excluding carboxylic acids is 4. The lowest BCUT2D eigenvalue weighted by Gasteiger charge is -2.43. The first-order valence-corrected chi connectivity index (χ1v) is 21.3. The minimum absolute atomic E-state index is 0.0128. The van der Waals surface area contributed by atoms with E-state index in [0.29, 0.717) is 67.9 Å². The molecule has 4 aromatic rings. The van der Waals surface area contributed by atoms with Crippen molar-refractivity contribution in [2.45, 2.75) is 78.2 Å². The standard InChI is InChI=1S/C46H56ClN7O7/c1-6-35-29-53(43(56)37-17-16-33(47)27-40(37)52-23-20-34(28-52)50-45(58)61-46(3,4)5)24-25-54(35)39-18-15-32(36-14-11-21-48-42(36)59-7-2)26-38(39)51-41(55)19-22-49-44(57)60-30-31-12-9-8-10-13-31/h8-18,21,26-27,34-35H,6-7,19-20,22-25,28-30H2,1-5H3,(H,49,57)(H,50,58)(H,51,55)/t34-,35+/m0/s1. The number of nitrogens with one attached hydrogen (secondary N) is 3. The predicted octanol–water partition coefficient (Wildman–Crippen LogP) is 7.90. The van der Waals surface area contributed by atoms with Crippen LogP contribution in [-0.2, 0) is 20.9 Å². The van der Waals surface area contributed by atoms with Crippen molar-refractivity contribution in [2.24, 2.45) is 0 Å². The van der Waals surface area contributed by atoms with Gasteiger partial charge in [-0.2, -0.15) is 0 Å². The van der Waals surface area contributed by atoms with E-state index in [2.05, 4.69) is 37.7 Å². The molecule has 2 atom stereocenters. The van der Waals surface area contributed by atoms with Crippen LogP contribution in [0.3, 0.4) is 0 Å². The van der Waals surface area contributed by atoms with Gasteiger partial charge in [-0.15, -0.1) is 0 Å². The second-order valence-corrected chi connectivity index (χ2v) is 16.5. The van der Waals surface area contributed by atoms with Gasteiger partial charge in [-0.25, -0.2) is 14.6 Å². The topological polar surface area (TPSA) is 155 Å². The molecule has 2 fully saturated rings. The van der Waals surface area contributed by atoms with Crippen LogP contribution >= 0.6 is 11.6 Å². The Morgan fingerprint density at radius 2 is 1.69 bits per heavy atom. The van der Waals surface area contributed by atoms with Gasteiger partial charge in [0.25, 0.3) is 5.91 Å². The highest BCUT2D eigenvalue weighted by molar-refractivity contribution is 6.31. The van der Waals surface area contributed by atoms with E-state index in [1.807, 2.05) is 99.3 Å². The van der Waals surface area contributed by atoms with Gasteiger partial charge in [-0.05, 0) is 94.1 Å². The van der Waals surface area contributed by atoms with Crippen molar-refractivity contribution in [3.63, 3.8) is 0 Å². The van der Waals surface area contributed by atoms with E-state index in [9.17, 15) is 19.2 Å². The fourth-order valence-corrected chi connectivity index (χ4v) is 7.74. The van der Waals surface area contributed by atoms with Gasteiger partial charge in [0.15, 0.2) is 0 Å². The molecule has 6 rings (SSSR count). The summed E-state index contributed by atoms with van der Waals surface area (Å²) in [7, 11) is 0. The first kappa shape index (κ1) is 44.5. The number of halogens is 1. The van der Waals surface area contributed by atoms with Gasteiger partial charge in [0.1, 0.15) is 12.2 Å². The molecule has 0 bridgehead atoms. The lowest BCUT2D eigenvalue weighted by atomic mass is 10.0. The van der Waals surface area contributed by atoms with Gasteiger partial charge in [-0.3, -0.25) is 9.59 Å². The van der Waals surface area contributed by atoms with E-state index in [4.69, 9.17) is 25.8 Å². The molecule has 3 N–H and O–H groups in total. The van der Waals surface area contributed by atoms with Crippen LogP contribution in [0.1, 0.15) is 69.8 Å². The van der Waals surface area contributed by atoms with Crippen LogP contribution in [0.5, 0.6) is 5.88 Å². The van der Waals surface area contributed by atoms with Crippen molar-refractivity contribution in [2.75, 3.05) is 61.0 Å². The summed E-state index contributed by atoms with van der Waals surface area (Å²) in [5, 5.41) is 9.25. The number of carbonyl (C=O) groups is 4. The van der Waals surface area contributed by atoms with Crippen LogP contribution in [0.25, 0.3) is 11.1 Å². The molecular weight excluding hydrogens is 798 g/mol. The van der Waals surface area contributed by atoms with Gasteiger partial charge in [0.05, 0.1) is 35.3 Å². The number of amides is 4. The molecule has 0 saturated carbocycles. The van der Waals surface area contributed by atoms with Crippen LogP contribution in [0, 0.1) is 0 Å². The van der Waals surface area contributed by atoms with Crippen molar-refractivity contribution >= 4 is 52.7 Å². The molecule has 14 nitrogen and oxygen atoms in total. The van der Waals surface area contributed by atoms with Crippen LogP contribution < -0.4 is 30.5 Å². The molecule has 1 aromatic heterocycles. The van der Waals surface area contributed by atoms with Gasteiger partial charge < -0.3 is 44.9 Å². The zero-order valence-corrected chi connectivity index (χ0v) is 36.3. The maximum Gasteiger partial charge on any atom is 0.407 e. The van der Waals surface area contributed by atoms with Crippen LogP contribution in [0.4, 0.5) is 26.7 Å². The van der Waals surface area contributed by atoms with Crippen molar-refractivity contribution in [1.82, 2.24) is 20.5 Å². The average molecular weight is 854 g/mol. The number of alkyl carbamates (subject to hydrolysis) is 2. The lowest BCUT2D eigenvalue weighted by Crippen LogP contribution is -2.55. The molecule has 3 heterocycles. The highest BCUT2D eigenvalue weighted by atomic mass is 35.5. The molecule has 61 heavy (non-hydrogen) atoms. The van der Waals surface area contributed by atoms with Gasteiger partial charge >= 0.3 is 12.2 Å². The summed E-state index contributed by atoms with van der Waals surface area (Å²) in [6.45, 7) is 12.6. The number of nitrogens with zero attached hydrogens (tertiary/aromatic N) is 4. The molecule has 0 unspecified atom stereocenters. The summed E-state index contributed by atoms with van der Waals surface area (Å²) in [5.41, 5.74) is 4.50. The second kappa shape index (κ2) is 20.5. The Balaban J connectivity index is 1.17. The largest absolute Gasteiger partial charge is 0.478 e. The fraction of sp³-hybridized carbons (Fsp3) is 0.413. The molecule has 4 amide bonds. The smallest absolute Gasteiger partial charge is 0.407 e. The number of benzene rings is 3. The third kappa shape index (κ3) is 12.1. The van der Waals surface area contributed by atoms with E-state index >= 15 is 0 Å². The molecule has 0 aliphatic carbocycles. The van der Waals surface area contributed by atoms with Crippen molar-refractivity contribution in [3.8, 4) is 17.0 Å². The molecule has 2 aliphatic rings. The average Bonchev–Trinajstić information content (AvgIpc) is 3.70. The van der Waals surface area contributed by atoms with Crippen molar-refractivity contribution in [3.05, 3.63) is 101 Å². The van der Waals surface area contributed by atoms with Crippen LogP contribution in [-0.4, -0.2) is 97.4 Å². The monoisotopic (exact) mass is 853 g/mol. The number of anilines is 3. The normalized spacial score (nSPS) is 16.5. The lowest BCUT2D eigenvalue weighted by molar-refractivity contribution is -0.116. The molecule has 15 heteroatoms. The molecule has 0 spiro atoms. The fourth-order valence-electron chi connectivity index (χ4n) is 7.58. The Morgan fingerprint density at radius 1 is 0.885 bits per heavy atom. The zero-order valence-electron chi connectivity index (χ0n) is 35.5. The summed E-state index contributed by atoms with van der Waals surface area (Å²) in [4.78, 5) is 63.5.